The Kier molecular flexibility index (Phi) is 8.06. The highest BCUT2D eigenvalue weighted by atomic mass is 16.5. The number of ether oxygens (including phenoxy) is 2. The minimum atomic E-state index is -0.0247. The molecule has 7 nitrogen and oxygen atoms in total. The number of fused-ring (bicyclic) bond motifs is 1. The monoisotopic (exact) mass is 464 g/mol. The number of hydrogen-bond donors (Lipinski definition) is 1. The zero-order chi connectivity index (χ0) is 23.9. The van der Waals surface area contributed by atoms with Gasteiger partial charge in [0.05, 0.1) is 25.0 Å². The number of aromatic nitrogens is 2. The Morgan fingerprint density at radius 3 is 2.59 bits per heavy atom. The fourth-order valence-electron chi connectivity index (χ4n) is 4.81. The van der Waals surface area contributed by atoms with E-state index in [1.54, 1.807) is 14.2 Å². The molecule has 3 aromatic rings. The molecule has 2 aromatic heterocycles. The third-order valence-electron chi connectivity index (χ3n) is 6.70. The van der Waals surface area contributed by atoms with Crippen LogP contribution in [0.3, 0.4) is 0 Å². The fourth-order valence-corrected chi connectivity index (χ4v) is 4.81. The standard InChI is InChI=1S/C27H36N4O3/c1-20-27(30(15-16-33-2)18-22-9-12-24(34-3)13-10-22)31-19-23(11-14-25(31)29-20)26(32)28-17-21-7-5-4-6-8-21/h9-14,19,21H,4-8,15-18H2,1-3H3,(H,28,32). The first-order chi connectivity index (χ1) is 16.6. The molecule has 7 heteroatoms. The van der Waals surface area contributed by atoms with Crippen molar-refractivity contribution in [2.45, 2.75) is 45.6 Å². The van der Waals surface area contributed by atoms with Crippen LogP contribution in [0.4, 0.5) is 5.82 Å². The Labute approximate surface area is 202 Å². The van der Waals surface area contributed by atoms with Crippen molar-refractivity contribution in [1.29, 1.82) is 0 Å². The number of rotatable bonds is 10. The van der Waals surface area contributed by atoms with Gasteiger partial charge in [0.25, 0.3) is 5.91 Å². The molecule has 34 heavy (non-hydrogen) atoms. The molecule has 2 heterocycles. The van der Waals surface area contributed by atoms with Gasteiger partial charge in [-0.1, -0.05) is 31.4 Å². The van der Waals surface area contributed by atoms with Gasteiger partial charge in [0.1, 0.15) is 17.2 Å². The SMILES string of the molecule is COCCN(Cc1ccc(OC)cc1)c1c(C)nc2ccc(C(=O)NCC3CCCCC3)cn12. The second-order valence-electron chi connectivity index (χ2n) is 9.14. The quantitative estimate of drug-likeness (QED) is 0.474. The predicted octanol–water partition coefficient (Wildman–Crippen LogP) is 4.61. The third-order valence-corrected chi connectivity index (χ3v) is 6.70. The van der Waals surface area contributed by atoms with Gasteiger partial charge in [-0.2, -0.15) is 0 Å². The molecule has 182 valence electrons. The average Bonchev–Trinajstić information content (AvgIpc) is 3.21. The van der Waals surface area contributed by atoms with Crippen LogP contribution < -0.4 is 15.0 Å². The van der Waals surface area contributed by atoms with Crippen molar-refractivity contribution < 1.29 is 14.3 Å². The molecular formula is C27H36N4O3. The Morgan fingerprint density at radius 2 is 1.88 bits per heavy atom. The highest BCUT2D eigenvalue weighted by Gasteiger charge is 2.19. The highest BCUT2D eigenvalue weighted by Crippen LogP contribution is 2.26. The Balaban J connectivity index is 1.57. The van der Waals surface area contributed by atoms with Gasteiger partial charge in [-0.15, -0.1) is 0 Å². The van der Waals surface area contributed by atoms with E-state index in [0.29, 0.717) is 31.2 Å². The van der Waals surface area contributed by atoms with Crippen molar-refractivity contribution in [2.24, 2.45) is 5.92 Å². The van der Waals surface area contributed by atoms with E-state index in [4.69, 9.17) is 14.5 Å². The molecular weight excluding hydrogens is 428 g/mol. The molecule has 0 bridgehead atoms. The molecule has 1 fully saturated rings. The number of amides is 1. The van der Waals surface area contributed by atoms with Gasteiger partial charge in [-0.3, -0.25) is 9.20 Å². The summed E-state index contributed by atoms with van der Waals surface area (Å²) in [5.41, 5.74) is 3.56. The summed E-state index contributed by atoms with van der Waals surface area (Å²) in [5, 5.41) is 3.16. The van der Waals surface area contributed by atoms with E-state index in [1.165, 1.54) is 32.1 Å². The third kappa shape index (κ3) is 5.70. The van der Waals surface area contributed by atoms with E-state index in [2.05, 4.69) is 22.3 Å². The van der Waals surface area contributed by atoms with Crippen LogP contribution in [-0.2, 0) is 11.3 Å². The molecule has 1 amide bonds. The molecule has 1 aliphatic carbocycles. The van der Waals surface area contributed by atoms with Gasteiger partial charge in [0, 0.05) is 32.9 Å². The number of nitrogens with one attached hydrogen (secondary N) is 1. The number of carbonyl (C=O) groups is 1. The molecule has 1 N–H and O–H groups in total. The van der Waals surface area contributed by atoms with Gasteiger partial charge in [0.2, 0.25) is 0 Å². The number of carbonyl (C=O) groups excluding carboxylic acids is 1. The summed E-state index contributed by atoms with van der Waals surface area (Å²) in [5.74, 6) is 2.39. The maximum absolute atomic E-state index is 13.0. The van der Waals surface area contributed by atoms with Gasteiger partial charge < -0.3 is 19.7 Å². The van der Waals surface area contributed by atoms with Crippen LogP contribution in [0.5, 0.6) is 5.75 Å². The van der Waals surface area contributed by atoms with Crippen molar-refractivity contribution in [2.75, 3.05) is 38.8 Å². The first-order valence-electron chi connectivity index (χ1n) is 12.2. The number of benzene rings is 1. The number of anilines is 1. The minimum absolute atomic E-state index is 0.0247. The van der Waals surface area contributed by atoms with E-state index < -0.39 is 0 Å². The number of aryl methyl sites for hydroxylation is 1. The number of pyridine rings is 1. The molecule has 0 radical (unpaired) electrons. The first kappa shape index (κ1) is 24.1. The summed E-state index contributed by atoms with van der Waals surface area (Å²) < 4.78 is 12.7. The van der Waals surface area contributed by atoms with Gasteiger partial charge >= 0.3 is 0 Å². The van der Waals surface area contributed by atoms with Crippen molar-refractivity contribution in [3.8, 4) is 5.75 Å². The molecule has 0 atom stereocenters. The minimum Gasteiger partial charge on any atom is -0.497 e. The van der Waals surface area contributed by atoms with Crippen LogP contribution in [-0.4, -0.2) is 49.2 Å². The van der Waals surface area contributed by atoms with E-state index >= 15 is 0 Å². The Hall–Kier alpha value is -3.06. The van der Waals surface area contributed by atoms with Crippen LogP contribution in [0.1, 0.15) is 53.7 Å². The van der Waals surface area contributed by atoms with Crippen LogP contribution in [0.15, 0.2) is 42.6 Å². The molecule has 1 aromatic carbocycles. The molecule has 0 aliphatic heterocycles. The molecule has 1 aliphatic rings. The van der Waals surface area contributed by atoms with Crippen LogP contribution in [0.25, 0.3) is 5.65 Å². The molecule has 0 spiro atoms. The van der Waals surface area contributed by atoms with Crippen LogP contribution in [0.2, 0.25) is 0 Å². The van der Waals surface area contributed by atoms with Crippen molar-refractivity contribution in [1.82, 2.24) is 14.7 Å². The van der Waals surface area contributed by atoms with Gasteiger partial charge in [0.15, 0.2) is 0 Å². The largest absolute Gasteiger partial charge is 0.497 e. The summed E-state index contributed by atoms with van der Waals surface area (Å²) in [7, 11) is 3.38. The second-order valence-corrected chi connectivity index (χ2v) is 9.14. The van der Waals surface area contributed by atoms with Crippen molar-refractivity contribution in [3.63, 3.8) is 0 Å². The number of hydrogen-bond acceptors (Lipinski definition) is 5. The summed E-state index contributed by atoms with van der Waals surface area (Å²) in [6.45, 7) is 4.75. The van der Waals surface area contributed by atoms with Gasteiger partial charge in [-0.25, -0.2) is 4.98 Å². The second kappa shape index (κ2) is 11.4. The van der Waals surface area contributed by atoms with Crippen molar-refractivity contribution >= 4 is 17.4 Å². The zero-order valence-corrected chi connectivity index (χ0v) is 20.5. The molecule has 0 unspecified atom stereocenters. The first-order valence-corrected chi connectivity index (χ1v) is 12.2. The Bertz CT molecular complexity index is 1090. The lowest BCUT2D eigenvalue weighted by Crippen LogP contribution is -2.31. The smallest absolute Gasteiger partial charge is 0.252 e. The number of imidazole rings is 1. The number of nitrogens with zero attached hydrogens (tertiary/aromatic N) is 3. The summed E-state index contributed by atoms with van der Waals surface area (Å²) in [6, 6.07) is 11.9. The topological polar surface area (TPSA) is 68.1 Å². The molecule has 0 saturated heterocycles. The molecule has 1 saturated carbocycles. The lowest BCUT2D eigenvalue weighted by molar-refractivity contribution is 0.0943. The predicted molar refractivity (Wildman–Crippen MR) is 135 cm³/mol. The number of methoxy groups -OCH3 is 2. The lowest BCUT2D eigenvalue weighted by Gasteiger charge is -2.25. The normalized spacial score (nSPS) is 14.3. The van der Waals surface area contributed by atoms with Crippen molar-refractivity contribution in [3.05, 3.63) is 59.4 Å². The average molecular weight is 465 g/mol. The van der Waals surface area contributed by atoms with Crippen LogP contribution >= 0.6 is 0 Å². The molecule has 4 rings (SSSR count). The van der Waals surface area contributed by atoms with E-state index in [-0.39, 0.29) is 5.91 Å². The summed E-state index contributed by atoms with van der Waals surface area (Å²) in [6.07, 6.45) is 8.20. The summed E-state index contributed by atoms with van der Waals surface area (Å²) in [4.78, 5) is 20.0. The van der Waals surface area contributed by atoms with Gasteiger partial charge in [-0.05, 0) is 55.5 Å². The maximum Gasteiger partial charge on any atom is 0.252 e. The highest BCUT2D eigenvalue weighted by molar-refractivity contribution is 5.94. The maximum atomic E-state index is 13.0. The van der Waals surface area contributed by atoms with E-state index in [0.717, 1.165) is 35.0 Å². The fraction of sp³-hybridized carbons (Fsp3) is 0.481. The van der Waals surface area contributed by atoms with E-state index in [9.17, 15) is 4.79 Å². The zero-order valence-electron chi connectivity index (χ0n) is 20.5. The van der Waals surface area contributed by atoms with Crippen LogP contribution in [0, 0.1) is 12.8 Å². The Morgan fingerprint density at radius 1 is 1.12 bits per heavy atom. The van der Waals surface area contributed by atoms with E-state index in [1.807, 2.05) is 41.8 Å². The summed E-state index contributed by atoms with van der Waals surface area (Å²) >= 11 is 0. The lowest BCUT2D eigenvalue weighted by atomic mass is 9.89.